The Kier molecular flexibility index (Phi) is 6.07. The molecule has 2 rings (SSSR count). The Morgan fingerprint density at radius 1 is 1.23 bits per heavy atom. The number of rotatable bonds is 5. The quantitative estimate of drug-likeness (QED) is 0.776. The van der Waals surface area contributed by atoms with E-state index in [1.165, 1.54) is 6.07 Å². The van der Waals surface area contributed by atoms with Crippen molar-refractivity contribution >= 4 is 29.0 Å². The molecule has 0 spiro atoms. The number of aryl methyl sites for hydroxylation is 1. The molecule has 1 aromatic carbocycles. The third-order valence-corrected chi connectivity index (χ3v) is 3.63. The molecule has 0 saturated carbocycles. The summed E-state index contributed by atoms with van der Waals surface area (Å²) in [6, 6.07) is 4.15. The number of alkyl halides is 3. The highest BCUT2D eigenvalue weighted by atomic mass is 35.5. The minimum atomic E-state index is -4.54. The van der Waals surface area contributed by atoms with Gasteiger partial charge in [-0.25, -0.2) is 9.97 Å². The number of aromatic nitrogens is 2. The fourth-order valence-corrected chi connectivity index (χ4v) is 2.23. The lowest BCUT2D eigenvalue weighted by atomic mass is 10.2. The van der Waals surface area contributed by atoms with Gasteiger partial charge in [0.2, 0.25) is 0 Å². The van der Waals surface area contributed by atoms with Crippen LogP contribution in [0.5, 0.6) is 0 Å². The SMILES string of the molecule is Cc1nc(NCC(C)C)cc(C(=O)Nc2cc(C(F)(F)F)ccc2Cl)n1. The van der Waals surface area contributed by atoms with Crippen molar-refractivity contribution < 1.29 is 18.0 Å². The van der Waals surface area contributed by atoms with Crippen molar-refractivity contribution in [1.82, 2.24) is 9.97 Å². The Morgan fingerprint density at radius 3 is 2.54 bits per heavy atom. The number of amides is 1. The van der Waals surface area contributed by atoms with Crippen molar-refractivity contribution in [2.24, 2.45) is 5.92 Å². The zero-order valence-corrected chi connectivity index (χ0v) is 15.2. The zero-order chi connectivity index (χ0) is 19.5. The number of carbonyl (C=O) groups excluding carboxylic acids is 1. The first-order chi connectivity index (χ1) is 12.1. The second-order valence-corrected chi connectivity index (χ2v) is 6.51. The predicted molar refractivity (Wildman–Crippen MR) is 94.5 cm³/mol. The van der Waals surface area contributed by atoms with E-state index in [4.69, 9.17) is 11.6 Å². The van der Waals surface area contributed by atoms with Gasteiger partial charge in [0.05, 0.1) is 16.3 Å². The van der Waals surface area contributed by atoms with E-state index in [-0.39, 0.29) is 16.4 Å². The highest BCUT2D eigenvalue weighted by molar-refractivity contribution is 6.33. The fourth-order valence-electron chi connectivity index (χ4n) is 2.07. The van der Waals surface area contributed by atoms with Crippen molar-refractivity contribution in [3.8, 4) is 0 Å². The molecular formula is C17H18ClF3N4O. The van der Waals surface area contributed by atoms with E-state index >= 15 is 0 Å². The van der Waals surface area contributed by atoms with Crippen LogP contribution >= 0.6 is 11.6 Å². The summed E-state index contributed by atoms with van der Waals surface area (Å²) in [7, 11) is 0. The minimum Gasteiger partial charge on any atom is -0.370 e. The predicted octanol–water partition coefficient (Wildman–Crippen LogP) is 4.78. The van der Waals surface area contributed by atoms with Crippen LogP contribution in [0.4, 0.5) is 24.7 Å². The number of anilines is 2. The summed E-state index contributed by atoms with van der Waals surface area (Å²) >= 11 is 5.90. The zero-order valence-electron chi connectivity index (χ0n) is 14.4. The van der Waals surface area contributed by atoms with E-state index in [1.807, 2.05) is 13.8 Å². The first-order valence-electron chi connectivity index (χ1n) is 7.84. The molecule has 0 fully saturated rings. The van der Waals surface area contributed by atoms with Crippen LogP contribution < -0.4 is 10.6 Å². The number of carbonyl (C=O) groups is 1. The van der Waals surface area contributed by atoms with Gasteiger partial charge in [0, 0.05) is 12.6 Å². The second kappa shape index (κ2) is 7.90. The summed E-state index contributed by atoms with van der Waals surface area (Å²) < 4.78 is 38.5. The van der Waals surface area contributed by atoms with Gasteiger partial charge >= 0.3 is 6.18 Å². The molecule has 0 radical (unpaired) electrons. The fraction of sp³-hybridized carbons (Fsp3) is 0.353. The normalized spacial score (nSPS) is 11.5. The summed E-state index contributed by atoms with van der Waals surface area (Å²) in [4.78, 5) is 20.6. The molecule has 0 atom stereocenters. The van der Waals surface area contributed by atoms with Gasteiger partial charge in [0.1, 0.15) is 17.3 Å². The molecule has 0 aliphatic carbocycles. The van der Waals surface area contributed by atoms with E-state index in [1.54, 1.807) is 6.92 Å². The summed E-state index contributed by atoms with van der Waals surface area (Å²) in [5, 5.41) is 5.44. The van der Waals surface area contributed by atoms with Crippen molar-refractivity contribution in [2.45, 2.75) is 26.9 Å². The second-order valence-electron chi connectivity index (χ2n) is 6.11. The molecule has 26 heavy (non-hydrogen) atoms. The monoisotopic (exact) mass is 386 g/mol. The average Bonchev–Trinajstić information content (AvgIpc) is 2.53. The summed E-state index contributed by atoms with van der Waals surface area (Å²) in [5.74, 6) is 0.515. The van der Waals surface area contributed by atoms with Gasteiger partial charge in [0.15, 0.2) is 0 Å². The topological polar surface area (TPSA) is 66.9 Å². The van der Waals surface area contributed by atoms with Crippen molar-refractivity contribution in [2.75, 3.05) is 17.2 Å². The number of halogens is 4. The molecule has 0 saturated heterocycles. The van der Waals surface area contributed by atoms with Crippen LogP contribution in [0.25, 0.3) is 0 Å². The van der Waals surface area contributed by atoms with Crippen molar-refractivity contribution in [1.29, 1.82) is 0 Å². The first-order valence-corrected chi connectivity index (χ1v) is 8.21. The molecule has 0 bridgehead atoms. The largest absolute Gasteiger partial charge is 0.416 e. The van der Waals surface area contributed by atoms with Gasteiger partial charge in [-0.2, -0.15) is 13.2 Å². The van der Waals surface area contributed by atoms with Gasteiger partial charge in [-0.05, 0) is 31.0 Å². The lowest BCUT2D eigenvalue weighted by molar-refractivity contribution is -0.137. The summed E-state index contributed by atoms with van der Waals surface area (Å²) in [6.07, 6.45) is -4.54. The minimum absolute atomic E-state index is 0.00437. The number of hydrogen-bond acceptors (Lipinski definition) is 4. The van der Waals surface area contributed by atoms with Gasteiger partial charge in [0.25, 0.3) is 5.91 Å². The van der Waals surface area contributed by atoms with E-state index in [0.717, 1.165) is 18.2 Å². The first kappa shape index (κ1) is 20.0. The van der Waals surface area contributed by atoms with Crippen LogP contribution in [-0.2, 0) is 6.18 Å². The number of nitrogens with zero attached hydrogens (tertiary/aromatic N) is 2. The van der Waals surface area contributed by atoms with Crippen LogP contribution in [0.2, 0.25) is 5.02 Å². The molecular weight excluding hydrogens is 369 g/mol. The van der Waals surface area contributed by atoms with Crippen LogP contribution in [0.1, 0.15) is 35.7 Å². The Hall–Kier alpha value is -2.35. The third-order valence-electron chi connectivity index (χ3n) is 3.30. The lowest BCUT2D eigenvalue weighted by Crippen LogP contribution is -2.17. The average molecular weight is 387 g/mol. The van der Waals surface area contributed by atoms with E-state index in [0.29, 0.717) is 24.1 Å². The van der Waals surface area contributed by atoms with Crippen molar-refractivity contribution in [3.05, 3.63) is 46.4 Å². The molecule has 1 amide bonds. The smallest absolute Gasteiger partial charge is 0.370 e. The standard InChI is InChI=1S/C17H18ClF3N4O/c1-9(2)8-22-15-7-14(23-10(3)24-15)16(26)25-13-6-11(17(19,20)21)4-5-12(13)18/h4-7,9H,8H2,1-3H3,(H,25,26)(H,22,23,24). The summed E-state index contributed by atoms with van der Waals surface area (Å²) in [6.45, 7) is 6.31. The Balaban J connectivity index is 2.25. The molecule has 0 aliphatic rings. The molecule has 1 aromatic heterocycles. The van der Waals surface area contributed by atoms with Crippen LogP contribution in [0.15, 0.2) is 24.3 Å². The summed E-state index contributed by atoms with van der Waals surface area (Å²) in [5.41, 5.74) is -1.02. The maximum Gasteiger partial charge on any atom is 0.416 e. The van der Waals surface area contributed by atoms with E-state index in [2.05, 4.69) is 20.6 Å². The van der Waals surface area contributed by atoms with E-state index < -0.39 is 17.6 Å². The van der Waals surface area contributed by atoms with E-state index in [9.17, 15) is 18.0 Å². The Labute approximate surface area is 154 Å². The highest BCUT2D eigenvalue weighted by Gasteiger charge is 2.31. The van der Waals surface area contributed by atoms with Crippen LogP contribution in [0, 0.1) is 12.8 Å². The maximum absolute atomic E-state index is 12.8. The molecule has 2 aromatic rings. The Morgan fingerprint density at radius 2 is 1.92 bits per heavy atom. The van der Waals surface area contributed by atoms with Crippen LogP contribution in [-0.4, -0.2) is 22.4 Å². The number of nitrogens with one attached hydrogen (secondary N) is 2. The molecule has 140 valence electrons. The molecule has 9 heteroatoms. The number of hydrogen-bond donors (Lipinski definition) is 2. The molecule has 0 unspecified atom stereocenters. The van der Waals surface area contributed by atoms with Gasteiger partial charge in [-0.1, -0.05) is 25.4 Å². The molecule has 1 heterocycles. The van der Waals surface area contributed by atoms with Gasteiger partial charge in [-0.15, -0.1) is 0 Å². The van der Waals surface area contributed by atoms with Gasteiger partial charge < -0.3 is 10.6 Å². The highest BCUT2D eigenvalue weighted by Crippen LogP contribution is 2.34. The Bertz CT molecular complexity index is 809. The van der Waals surface area contributed by atoms with Gasteiger partial charge in [-0.3, -0.25) is 4.79 Å². The van der Waals surface area contributed by atoms with Crippen molar-refractivity contribution in [3.63, 3.8) is 0 Å². The maximum atomic E-state index is 12.8. The molecule has 0 aliphatic heterocycles. The number of benzene rings is 1. The van der Waals surface area contributed by atoms with Crippen LogP contribution in [0.3, 0.4) is 0 Å². The third kappa shape index (κ3) is 5.32. The molecule has 2 N–H and O–H groups in total. The lowest BCUT2D eigenvalue weighted by Gasteiger charge is -2.13. The molecule has 5 nitrogen and oxygen atoms in total.